The van der Waals surface area contributed by atoms with Crippen LogP contribution in [-0.2, 0) is 0 Å². The van der Waals surface area contributed by atoms with E-state index in [0.29, 0.717) is 5.02 Å². The molecule has 3 N–H and O–H groups in total. The van der Waals surface area contributed by atoms with E-state index < -0.39 is 11.8 Å². The van der Waals surface area contributed by atoms with Gasteiger partial charge in [0.05, 0.1) is 5.56 Å². The zero-order valence-electron chi connectivity index (χ0n) is 11.9. The summed E-state index contributed by atoms with van der Waals surface area (Å²) in [5.41, 5.74) is 5.66. The lowest BCUT2D eigenvalue weighted by molar-refractivity contribution is 0.0844. The van der Waals surface area contributed by atoms with Crippen LogP contribution in [0.15, 0.2) is 36.4 Å². The molecule has 9 heteroatoms. The molecule has 0 spiro atoms. The van der Waals surface area contributed by atoms with E-state index >= 15 is 0 Å². The fourth-order valence-electron chi connectivity index (χ4n) is 2.06. The van der Waals surface area contributed by atoms with E-state index in [4.69, 9.17) is 34.8 Å². The minimum atomic E-state index is -0.614. The van der Waals surface area contributed by atoms with Gasteiger partial charge < -0.3 is 4.98 Å². The summed E-state index contributed by atoms with van der Waals surface area (Å²) in [6, 6.07) is 9.64. The highest BCUT2D eigenvalue weighted by molar-refractivity contribution is 6.34. The summed E-state index contributed by atoms with van der Waals surface area (Å²) >= 11 is 17.4. The maximum Gasteiger partial charge on any atom is 0.286 e. The van der Waals surface area contributed by atoms with Crippen LogP contribution in [0.3, 0.4) is 0 Å². The summed E-state index contributed by atoms with van der Waals surface area (Å²) in [6.45, 7) is 0. The highest BCUT2D eigenvalue weighted by atomic mass is 35.5. The number of hydrogen-bond acceptors (Lipinski definition) is 3. The van der Waals surface area contributed by atoms with E-state index in [0.717, 1.165) is 10.9 Å². The molecule has 0 aliphatic heterocycles. The van der Waals surface area contributed by atoms with Crippen LogP contribution in [0, 0.1) is 0 Å². The number of nitrogens with one attached hydrogen (secondary N) is 3. The number of H-pyrrole nitrogens is 1. The van der Waals surface area contributed by atoms with Crippen LogP contribution in [0.1, 0.15) is 20.8 Å². The largest absolute Gasteiger partial charge is 0.350 e. The second kappa shape index (κ2) is 6.68. The third-order valence-corrected chi connectivity index (χ3v) is 3.91. The summed E-state index contributed by atoms with van der Waals surface area (Å²) < 4.78 is 0. The molecule has 3 rings (SSSR count). The van der Waals surface area contributed by atoms with Gasteiger partial charge in [-0.3, -0.25) is 20.4 Å². The van der Waals surface area contributed by atoms with Crippen molar-refractivity contribution in [1.29, 1.82) is 0 Å². The van der Waals surface area contributed by atoms with Crippen LogP contribution in [0.4, 0.5) is 0 Å². The molecule has 24 heavy (non-hydrogen) atoms. The molecule has 2 amide bonds. The molecule has 2 aromatic heterocycles. The summed E-state index contributed by atoms with van der Waals surface area (Å²) in [5, 5.41) is 1.45. The molecule has 6 nitrogen and oxygen atoms in total. The van der Waals surface area contributed by atoms with E-state index in [1.165, 1.54) is 12.1 Å². The van der Waals surface area contributed by atoms with Gasteiger partial charge in [-0.25, -0.2) is 4.98 Å². The molecule has 0 aliphatic carbocycles. The van der Waals surface area contributed by atoms with Gasteiger partial charge in [0.1, 0.15) is 16.0 Å². The predicted octanol–water partition coefficient (Wildman–Crippen LogP) is 3.60. The number of pyridine rings is 1. The zero-order valence-corrected chi connectivity index (χ0v) is 14.1. The number of benzene rings is 1. The van der Waals surface area contributed by atoms with E-state index in [2.05, 4.69) is 20.8 Å². The third kappa shape index (κ3) is 3.46. The lowest BCUT2D eigenvalue weighted by Gasteiger charge is -2.07. The summed E-state index contributed by atoms with van der Waals surface area (Å²) in [4.78, 5) is 30.8. The number of rotatable bonds is 2. The van der Waals surface area contributed by atoms with Crippen LogP contribution in [0.5, 0.6) is 0 Å². The Kier molecular flexibility index (Phi) is 4.62. The molecule has 0 radical (unpaired) electrons. The Morgan fingerprint density at radius 1 is 0.958 bits per heavy atom. The maximum atomic E-state index is 12.1. The molecule has 2 heterocycles. The number of aromatic nitrogens is 2. The van der Waals surface area contributed by atoms with Crippen LogP contribution in [-0.4, -0.2) is 21.8 Å². The zero-order chi connectivity index (χ0) is 17.3. The van der Waals surface area contributed by atoms with Crippen LogP contribution in [0.25, 0.3) is 10.9 Å². The maximum absolute atomic E-state index is 12.1. The second-order valence-electron chi connectivity index (χ2n) is 4.80. The van der Waals surface area contributed by atoms with Gasteiger partial charge in [0.25, 0.3) is 11.8 Å². The number of halogens is 3. The van der Waals surface area contributed by atoms with Gasteiger partial charge in [-0.15, -0.1) is 0 Å². The quantitative estimate of drug-likeness (QED) is 0.467. The average Bonchev–Trinajstić information content (AvgIpc) is 2.95. The highest BCUT2D eigenvalue weighted by Gasteiger charge is 2.14. The SMILES string of the molecule is O=C(NNC(=O)c1ccc(Cl)nc1Cl)c1cc2cc(Cl)ccc2[nH]1. The molecule has 0 saturated carbocycles. The number of amides is 2. The van der Waals surface area contributed by atoms with Gasteiger partial charge in [-0.2, -0.15) is 0 Å². The average molecular weight is 384 g/mol. The molecule has 0 saturated heterocycles. The Hall–Kier alpha value is -2.28. The second-order valence-corrected chi connectivity index (χ2v) is 5.98. The molecule has 0 fully saturated rings. The summed E-state index contributed by atoms with van der Waals surface area (Å²) in [7, 11) is 0. The number of carbonyl (C=O) groups is 2. The number of aromatic amines is 1. The normalized spacial score (nSPS) is 10.6. The Balaban J connectivity index is 1.71. The third-order valence-electron chi connectivity index (χ3n) is 3.18. The van der Waals surface area contributed by atoms with Crippen LogP contribution in [0.2, 0.25) is 15.3 Å². The molecule has 0 unspecified atom stereocenters. The lowest BCUT2D eigenvalue weighted by Crippen LogP contribution is -2.41. The molecule has 122 valence electrons. The first-order valence-electron chi connectivity index (χ1n) is 6.65. The fourth-order valence-corrected chi connectivity index (χ4v) is 2.67. The number of hydrazine groups is 1. The van der Waals surface area contributed by atoms with Crippen LogP contribution < -0.4 is 10.9 Å². The first-order valence-corrected chi connectivity index (χ1v) is 7.78. The molecule has 0 aliphatic rings. The fraction of sp³-hybridized carbons (Fsp3) is 0. The van der Waals surface area contributed by atoms with Crippen molar-refractivity contribution in [2.24, 2.45) is 0 Å². The molecular formula is C15H9Cl3N4O2. The topological polar surface area (TPSA) is 86.9 Å². The standard InChI is InChI=1S/C15H9Cl3N4O2/c16-8-1-3-10-7(5-8)6-11(19-10)15(24)22-21-14(23)9-2-4-12(17)20-13(9)18/h1-6,19H,(H,21,23)(H,22,24). The molecular weight excluding hydrogens is 375 g/mol. The van der Waals surface area contributed by atoms with Crippen molar-refractivity contribution in [2.75, 3.05) is 0 Å². The first kappa shape index (κ1) is 16.6. The Bertz CT molecular complexity index is 955. The van der Waals surface area contributed by atoms with E-state index in [-0.39, 0.29) is 21.6 Å². The Morgan fingerprint density at radius 3 is 2.46 bits per heavy atom. The van der Waals surface area contributed by atoms with Crippen molar-refractivity contribution in [1.82, 2.24) is 20.8 Å². The van der Waals surface area contributed by atoms with Crippen molar-refractivity contribution < 1.29 is 9.59 Å². The van der Waals surface area contributed by atoms with Gasteiger partial charge in [-0.05, 0) is 36.4 Å². The molecule has 1 aromatic carbocycles. The van der Waals surface area contributed by atoms with E-state index in [1.807, 2.05) is 0 Å². The molecule has 0 atom stereocenters. The van der Waals surface area contributed by atoms with Crippen molar-refractivity contribution in [3.05, 3.63) is 63.0 Å². The van der Waals surface area contributed by atoms with Crippen molar-refractivity contribution >= 4 is 57.5 Å². The highest BCUT2D eigenvalue weighted by Crippen LogP contribution is 2.20. The van der Waals surface area contributed by atoms with Crippen molar-refractivity contribution in [2.45, 2.75) is 0 Å². The summed E-state index contributed by atoms with van der Waals surface area (Å²) in [5.74, 6) is -1.13. The minimum Gasteiger partial charge on any atom is -0.350 e. The van der Waals surface area contributed by atoms with Crippen molar-refractivity contribution in [3.8, 4) is 0 Å². The van der Waals surface area contributed by atoms with E-state index in [9.17, 15) is 9.59 Å². The van der Waals surface area contributed by atoms with Gasteiger partial charge in [-0.1, -0.05) is 34.8 Å². The van der Waals surface area contributed by atoms with Gasteiger partial charge >= 0.3 is 0 Å². The lowest BCUT2D eigenvalue weighted by atomic mass is 10.2. The number of fused-ring (bicyclic) bond motifs is 1. The molecule has 0 bridgehead atoms. The number of carbonyl (C=O) groups excluding carboxylic acids is 2. The summed E-state index contributed by atoms with van der Waals surface area (Å²) in [6.07, 6.45) is 0. The van der Waals surface area contributed by atoms with Gasteiger partial charge in [0.2, 0.25) is 0 Å². The number of nitrogens with zero attached hydrogens (tertiary/aromatic N) is 1. The van der Waals surface area contributed by atoms with Crippen LogP contribution >= 0.6 is 34.8 Å². The van der Waals surface area contributed by atoms with E-state index in [1.54, 1.807) is 24.3 Å². The molecule has 3 aromatic rings. The Morgan fingerprint density at radius 2 is 1.71 bits per heavy atom. The van der Waals surface area contributed by atoms with Gasteiger partial charge in [0.15, 0.2) is 0 Å². The number of hydrogen-bond donors (Lipinski definition) is 3. The smallest absolute Gasteiger partial charge is 0.286 e. The van der Waals surface area contributed by atoms with Crippen molar-refractivity contribution in [3.63, 3.8) is 0 Å². The van der Waals surface area contributed by atoms with Gasteiger partial charge in [0, 0.05) is 15.9 Å². The monoisotopic (exact) mass is 382 g/mol. The Labute approximate surface area is 151 Å². The predicted molar refractivity (Wildman–Crippen MR) is 92.5 cm³/mol. The minimum absolute atomic E-state index is 0.0606. The first-order chi connectivity index (χ1) is 11.4.